The van der Waals surface area contributed by atoms with Gasteiger partial charge in [-0.15, -0.1) is 0 Å². The molecule has 0 saturated heterocycles. The summed E-state index contributed by atoms with van der Waals surface area (Å²) < 4.78 is 9.42. The van der Waals surface area contributed by atoms with Crippen LogP contribution in [0.15, 0.2) is 18.2 Å². The Morgan fingerprint density at radius 2 is 1.93 bits per heavy atom. The van der Waals surface area contributed by atoms with Gasteiger partial charge in [0.25, 0.3) is 0 Å². The molecule has 0 aliphatic carbocycles. The van der Waals surface area contributed by atoms with Crippen LogP contribution in [-0.4, -0.2) is 37.4 Å². The molecule has 0 bridgehead atoms. The van der Waals surface area contributed by atoms with Gasteiger partial charge in [0.05, 0.1) is 19.8 Å². The van der Waals surface area contributed by atoms with Gasteiger partial charge in [-0.25, -0.2) is 4.79 Å². The summed E-state index contributed by atoms with van der Waals surface area (Å²) in [5.74, 6) is -0.197. The SMILES string of the molecule is COC(=O)c1cc(OC)cc(B(O)O)c1. The topological polar surface area (TPSA) is 76.0 Å². The van der Waals surface area contributed by atoms with Crippen molar-refractivity contribution in [2.24, 2.45) is 0 Å². The molecule has 15 heavy (non-hydrogen) atoms. The Kier molecular flexibility index (Phi) is 3.71. The molecule has 0 fully saturated rings. The lowest BCUT2D eigenvalue weighted by Crippen LogP contribution is -2.30. The summed E-state index contributed by atoms with van der Waals surface area (Å²) >= 11 is 0. The lowest BCUT2D eigenvalue weighted by Gasteiger charge is -2.07. The van der Waals surface area contributed by atoms with Crippen molar-refractivity contribution in [3.8, 4) is 5.75 Å². The van der Waals surface area contributed by atoms with Gasteiger partial charge < -0.3 is 19.5 Å². The zero-order valence-corrected chi connectivity index (χ0v) is 8.43. The maximum Gasteiger partial charge on any atom is 0.488 e. The summed E-state index contributed by atoms with van der Waals surface area (Å²) in [4.78, 5) is 11.2. The van der Waals surface area contributed by atoms with E-state index in [2.05, 4.69) is 4.74 Å². The monoisotopic (exact) mass is 210 g/mol. The Bertz CT molecular complexity index is 364. The molecule has 0 radical (unpaired) electrons. The average molecular weight is 210 g/mol. The van der Waals surface area contributed by atoms with E-state index in [0.29, 0.717) is 5.75 Å². The number of esters is 1. The van der Waals surface area contributed by atoms with Crippen molar-refractivity contribution in [2.45, 2.75) is 0 Å². The third-order valence-electron chi connectivity index (χ3n) is 1.88. The number of hydrogen-bond acceptors (Lipinski definition) is 5. The van der Waals surface area contributed by atoms with Crippen LogP contribution in [0.3, 0.4) is 0 Å². The number of hydrogen-bond donors (Lipinski definition) is 2. The number of ether oxygens (including phenoxy) is 2. The highest BCUT2D eigenvalue weighted by Gasteiger charge is 2.16. The summed E-state index contributed by atoms with van der Waals surface area (Å²) in [5.41, 5.74) is 0.384. The fraction of sp³-hybridized carbons (Fsp3) is 0.222. The van der Waals surface area contributed by atoms with Gasteiger partial charge in [0.2, 0.25) is 0 Å². The van der Waals surface area contributed by atoms with Gasteiger partial charge in [-0.1, -0.05) is 0 Å². The van der Waals surface area contributed by atoms with Crippen LogP contribution in [0.1, 0.15) is 10.4 Å². The second kappa shape index (κ2) is 4.81. The maximum atomic E-state index is 11.2. The quantitative estimate of drug-likeness (QED) is 0.502. The van der Waals surface area contributed by atoms with Gasteiger partial charge in [-0.2, -0.15) is 0 Å². The third kappa shape index (κ3) is 2.71. The minimum Gasteiger partial charge on any atom is -0.497 e. The van der Waals surface area contributed by atoms with Crippen LogP contribution in [0.5, 0.6) is 5.75 Å². The standard InChI is InChI=1S/C9H11BO5/c1-14-8-4-6(9(11)15-2)3-7(5-8)10(12)13/h3-5,12-13H,1-2H3. The molecule has 0 unspecified atom stereocenters. The lowest BCUT2D eigenvalue weighted by molar-refractivity contribution is 0.0600. The number of carbonyl (C=O) groups excluding carboxylic acids is 1. The molecular formula is C9H11BO5. The Labute approximate surface area is 87.4 Å². The smallest absolute Gasteiger partial charge is 0.488 e. The summed E-state index contributed by atoms with van der Waals surface area (Å²) in [6.45, 7) is 0. The molecule has 0 aromatic heterocycles. The molecule has 0 heterocycles. The van der Waals surface area contributed by atoms with Gasteiger partial charge in [-0.3, -0.25) is 0 Å². The van der Waals surface area contributed by atoms with Crippen LogP contribution < -0.4 is 10.2 Å². The van der Waals surface area contributed by atoms with Crippen LogP contribution in [0.25, 0.3) is 0 Å². The van der Waals surface area contributed by atoms with E-state index in [9.17, 15) is 4.79 Å². The number of benzene rings is 1. The molecule has 0 aliphatic rings. The Hall–Kier alpha value is -1.53. The second-order valence-electron chi connectivity index (χ2n) is 2.86. The van der Waals surface area contributed by atoms with Crippen LogP contribution >= 0.6 is 0 Å². The summed E-state index contributed by atoms with van der Waals surface area (Å²) in [7, 11) is 1.02. The van der Waals surface area contributed by atoms with Crippen molar-refractivity contribution in [1.29, 1.82) is 0 Å². The van der Waals surface area contributed by atoms with E-state index < -0.39 is 13.1 Å². The highest BCUT2D eigenvalue weighted by Crippen LogP contribution is 2.12. The first-order chi connectivity index (χ1) is 7.08. The molecule has 5 nitrogen and oxygen atoms in total. The molecule has 1 rings (SSSR count). The largest absolute Gasteiger partial charge is 0.497 e. The minimum absolute atomic E-state index is 0.176. The van der Waals surface area contributed by atoms with Gasteiger partial charge in [0.15, 0.2) is 0 Å². The third-order valence-corrected chi connectivity index (χ3v) is 1.88. The first-order valence-electron chi connectivity index (χ1n) is 4.22. The molecule has 0 saturated carbocycles. The van der Waals surface area contributed by atoms with Gasteiger partial charge in [-0.05, 0) is 23.7 Å². The fourth-order valence-electron chi connectivity index (χ4n) is 1.12. The molecule has 0 spiro atoms. The molecule has 80 valence electrons. The normalized spacial score (nSPS) is 9.60. The molecule has 1 aromatic carbocycles. The van der Waals surface area contributed by atoms with E-state index in [1.54, 1.807) is 0 Å². The molecular weight excluding hydrogens is 199 g/mol. The maximum absolute atomic E-state index is 11.2. The van der Waals surface area contributed by atoms with E-state index in [0.717, 1.165) is 0 Å². The van der Waals surface area contributed by atoms with Crippen LogP contribution in [0.2, 0.25) is 0 Å². The minimum atomic E-state index is -1.65. The van der Waals surface area contributed by atoms with E-state index >= 15 is 0 Å². The summed E-state index contributed by atoms with van der Waals surface area (Å²) in [6, 6.07) is 4.22. The zero-order chi connectivity index (χ0) is 11.4. The fourth-order valence-corrected chi connectivity index (χ4v) is 1.12. The van der Waals surface area contributed by atoms with E-state index in [1.165, 1.54) is 32.4 Å². The van der Waals surface area contributed by atoms with E-state index in [-0.39, 0.29) is 11.0 Å². The number of methoxy groups -OCH3 is 2. The molecule has 1 aromatic rings. The first-order valence-corrected chi connectivity index (χ1v) is 4.22. The zero-order valence-electron chi connectivity index (χ0n) is 8.43. The first kappa shape index (κ1) is 11.5. The van der Waals surface area contributed by atoms with Crippen LogP contribution in [0.4, 0.5) is 0 Å². The Morgan fingerprint density at radius 3 is 2.40 bits per heavy atom. The molecule has 6 heteroatoms. The Morgan fingerprint density at radius 1 is 1.27 bits per heavy atom. The van der Waals surface area contributed by atoms with E-state index in [1.807, 2.05) is 0 Å². The highest BCUT2D eigenvalue weighted by molar-refractivity contribution is 6.58. The number of carbonyl (C=O) groups is 1. The molecule has 0 amide bonds. The van der Waals surface area contributed by atoms with Gasteiger partial charge in [0, 0.05) is 0 Å². The van der Waals surface area contributed by atoms with Crippen molar-refractivity contribution in [3.05, 3.63) is 23.8 Å². The predicted octanol–water partition coefficient (Wildman–Crippen LogP) is -0.838. The number of rotatable bonds is 3. The van der Waals surface area contributed by atoms with Gasteiger partial charge >= 0.3 is 13.1 Å². The van der Waals surface area contributed by atoms with Gasteiger partial charge in [0.1, 0.15) is 5.75 Å². The van der Waals surface area contributed by atoms with Crippen molar-refractivity contribution in [3.63, 3.8) is 0 Å². The molecule has 0 atom stereocenters. The summed E-state index contributed by atoms with van der Waals surface area (Å²) in [6.07, 6.45) is 0. The molecule has 2 N–H and O–H groups in total. The second-order valence-corrected chi connectivity index (χ2v) is 2.86. The van der Waals surface area contributed by atoms with E-state index in [4.69, 9.17) is 14.8 Å². The highest BCUT2D eigenvalue weighted by atomic mass is 16.5. The van der Waals surface area contributed by atoms with Crippen LogP contribution in [-0.2, 0) is 4.74 Å². The molecule has 0 aliphatic heterocycles. The predicted molar refractivity (Wildman–Crippen MR) is 54.2 cm³/mol. The van der Waals surface area contributed by atoms with Crippen LogP contribution in [0, 0.1) is 0 Å². The lowest BCUT2D eigenvalue weighted by atomic mass is 9.79. The average Bonchev–Trinajstić information content (AvgIpc) is 2.27. The van der Waals surface area contributed by atoms with Crippen molar-refractivity contribution in [2.75, 3.05) is 14.2 Å². The van der Waals surface area contributed by atoms with Crippen molar-refractivity contribution in [1.82, 2.24) is 0 Å². The van der Waals surface area contributed by atoms with Crippen molar-refractivity contribution >= 4 is 18.6 Å². The van der Waals surface area contributed by atoms with Crippen molar-refractivity contribution < 1.29 is 24.3 Å². The Balaban J connectivity index is 3.17. The summed E-state index contributed by atoms with van der Waals surface area (Å²) in [5, 5.41) is 17.9.